The molecule has 0 saturated heterocycles. The van der Waals surface area contributed by atoms with Crippen LogP contribution in [0.25, 0.3) is 87.5 Å². The molecule has 0 bridgehead atoms. The Morgan fingerprint density at radius 1 is 0.357 bits per heavy atom. The Morgan fingerprint density at radius 2 is 0.911 bits per heavy atom. The molecule has 0 amide bonds. The Labute approximate surface area is 329 Å². The number of hydrogen-bond donors (Lipinski definition) is 0. The van der Waals surface area contributed by atoms with Gasteiger partial charge in [-0.25, -0.2) is 9.97 Å². The van der Waals surface area contributed by atoms with Crippen LogP contribution in [0, 0.1) is 0 Å². The van der Waals surface area contributed by atoms with Gasteiger partial charge in [-0.2, -0.15) is 0 Å². The van der Waals surface area contributed by atoms with E-state index in [9.17, 15) is 0 Å². The number of rotatable bonds is 3. The molecule has 260 valence electrons. The lowest BCUT2D eigenvalue weighted by atomic mass is 9.65. The predicted molar refractivity (Wildman–Crippen MR) is 233 cm³/mol. The molecule has 12 rings (SSSR count). The largest absolute Gasteiger partial charge is 0.228 e. The molecule has 0 saturated carbocycles. The van der Waals surface area contributed by atoms with E-state index in [2.05, 4.69) is 194 Å². The maximum Gasteiger partial charge on any atom is 0.160 e. The van der Waals surface area contributed by atoms with Crippen LogP contribution >= 0.6 is 11.3 Å². The van der Waals surface area contributed by atoms with Gasteiger partial charge in [0.1, 0.15) is 0 Å². The monoisotopic (exact) mass is 728 g/mol. The smallest absolute Gasteiger partial charge is 0.160 e. The second-order valence-corrected chi connectivity index (χ2v) is 15.9. The van der Waals surface area contributed by atoms with E-state index >= 15 is 0 Å². The van der Waals surface area contributed by atoms with Crippen molar-refractivity contribution in [3.05, 3.63) is 216 Å². The van der Waals surface area contributed by atoms with E-state index in [0.717, 1.165) is 28.1 Å². The zero-order valence-electron chi connectivity index (χ0n) is 30.3. The average Bonchev–Trinajstić information content (AvgIpc) is 3.77. The highest BCUT2D eigenvalue weighted by atomic mass is 32.1. The highest BCUT2D eigenvalue weighted by Crippen LogP contribution is 2.63. The van der Waals surface area contributed by atoms with Gasteiger partial charge < -0.3 is 0 Å². The molecule has 0 radical (unpaired) electrons. The maximum atomic E-state index is 5.32. The minimum atomic E-state index is -0.622. The van der Waals surface area contributed by atoms with E-state index < -0.39 is 5.41 Å². The fraction of sp³-hybridized carbons (Fsp3) is 0.0189. The van der Waals surface area contributed by atoms with Crippen molar-refractivity contribution in [2.24, 2.45) is 0 Å². The maximum absolute atomic E-state index is 5.32. The van der Waals surface area contributed by atoms with E-state index in [-0.39, 0.29) is 0 Å². The molecule has 1 unspecified atom stereocenters. The summed E-state index contributed by atoms with van der Waals surface area (Å²) < 4.78 is 2.63. The van der Waals surface area contributed by atoms with Gasteiger partial charge in [-0.05, 0) is 79.9 Å². The predicted octanol–water partition coefficient (Wildman–Crippen LogP) is 13.9. The summed E-state index contributed by atoms with van der Waals surface area (Å²) in [6, 6.07) is 70.9. The van der Waals surface area contributed by atoms with Crippen LogP contribution in [0.4, 0.5) is 0 Å². The number of aromatic nitrogens is 2. The van der Waals surface area contributed by atoms with Crippen LogP contribution in [-0.2, 0) is 5.41 Å². The normalized spacial score (nSPS) is 14.9. The van der Waals surface area contributed by atoms with Crippen molar-refractivity contribution in [2.45, 2.75) is 5.41 Å². The van der Waals surface area contributed by atoms with Crippen molar-refractivity contribution in [1.82, 2.24) is 9.97 Å². The van der Waals surface area contributed by atoms with Crippen molar-refractivity contribution in [2.75, 3.05) is 0 Å². The first kappa shape index (κ1) is 31.4. The molecule has 8 aromatic carbocycles. The van der Waals surface area contributed by atoms with Crippen LogP contribution in [0.15, 0.2) is 194 Å². The van der Waals surface area contributed by atoms with Crippen LogP contribution in [-0.4, -0.2) is 9.97 Å². The minimum absolute atomic E-state index is 0.622. The Kier molecular flexibility index (Phi) is 6.75. The fourth-order valence-electron chi connectivity index (χ4n) is 9.62. The molecule has 2 aliphatic carbocycles. The van der Waals surface area contributed by atoms with Crippen molar-refractivity contribution >= 4 is 31.5 Å². The molecule has 56 heavy (non-hydrogen) atoms. The lowest BCUT2D eigenvalue weighted by Gasteiger charge is -2.35. The van der Waals surface area contributed by atoms with Gasteiger partial charge in [-0.1, -0.05) is 170 Å². The average molecular weight is 729 g/mol. The third kappa shape index (κ3) is 4.38. The second-order valence-electron chi connectivity index (χ2n) is 14.8. The summed E-state index contributed by atoms with van der Waals surface area (Å²) in [6.45, 7) is 0. The third-order valence-electron chi connectivity index (χ3n) is 11.9. The van der Waals surface area contributed by atoms with Gasteiger partial charge in [0.25, 0.3) is 0 Å². The molecule has 2 aliphatic rings. The summed E-state index contributed by atoms with van der Waals surface area (Å²) in [7, 11) is 0. The molecular formula is C53H32N2S. The van der Waals surface area contributed by atoms with E-state index in [1.807, 2.05) is 11.3 Å². The second kappa shape index (κ2) is 12.0. The van der Waals surface area contributed by atoms with E-state index in [1.54, 1.807) is 0 Å². The van der Waals surface area contributed by atoms with Crippen LogP contribution in [0.2, 0.25) is 0 Å². The molecule has 1 spiro atoms. The number of hydrogen-bond acceptors (Lipinski definition) is 3. The van der Waals surface area contributed by atoms with Gasteiger partial charge in [0, 0.05) is 36.9 Å². The summed E-state index contributed by atoms with van der Waals surface area (Å²) in [5.74, 6) is 0.708. The van der Waals surface area contributed by atoms with Crippen molar-refractivity contribution in [3.63, 3.8) is 0 Å². The molecular weight excluding hydrogens is 697 g/mol. The minimum Gasteiger partial charge on any atom is -0.228 e. The van der Waals surface area contributed by atoms with Crippen molar-refractivity contribution < 1.29 is 0 Å². The molecule has 2 heterocycles. The van der Waals surface area contributed by atoms with Crippen molar-refractivity contribution in [3.8, 4) is 67.3 Å². The Hall–Kier alpha value is -6.94. The molecule has 1 atom stereocenters. The van der Waals surface area contributed by atoms with Crippen LogP contribution < -0.4 is 0 Å². The molecule has 0 fully saturated rings. The van der Waals surface area contributed by atoms with E-state index in [1.165, 1.54) is 75.8 Å². The van der Waals surface area contributed by atoms with Crippen LogP contribution in [0.3, 0.4) is 0 Å². The first-order valence-corrected chi connectivity index (χ1v) is 20.0. The SMILES string of the molecule is c1ccc(-c2cc(-c3ccccc3)nc(-c3ccc4c(c3)C3(c5ccccc5-c5ccccc5-4)c4ccccc4-c4c3ccc3sc5ccccc5c43)n2)cc1. The van der Waals surface area contributed by atoms with Crippen LogP contribution in [0.1, 0.15) is 22.3 Å². The zero-order chi connectivity index (χ0) is 36.8. The van der Waals surface area contributed by atoms with Gasteiger partial charge in [0.05, 0.1) is 16.8 Å². The molecule has 2 aromatic heterocycles. The lowest BCUT2D eigenvalue weighted by Crippen LogP contribution is -2.29. The third-order valence-corrected chi connectivity index (χ3v) is 13.1. The van der Waals surface area contributed by atoms with Crippen LogP contribution in [0.5, 0.6) is 0 Å². The number of thiophene rings is 1. The highest BCUT2D eigenvalue weighted by molar-refractivity contribution is 7.26. The Morgan fingerprint density at radius 3 is 1.61 bits per heavy atom. The summed E-state index contributed by atoms with van der Waals surface area (Å²) in [6.07, 6.45) is 0. The van der Waals surface area contributed by atoms with Gasteiger partial charge in [0.15, 0.2) is 5.82 Å². The molecule has 0 aliphatic heterocycles. The molecule has 2 nitrogen and oxygen atoms in total. The highest BCUT2D eigenvalue weighted by Gasteiger charge is 2.50. The fourth-order valence-corrected chi connectivity index (χ4v) is 10.7. The van der Waals surface area contributed by atoms with Gasteiger partial charge in [-0.15, -0.1) is 11.3 Å². The zero-order valence-corrected chi connectivity index (χ0v) is 31.1. The van der Waals surface area contributed by atoms with Crippen molar-refractivity contribution in [1.29, 1.82) is 0 Å². The van der Waals surface area contributed by atoms with Gasteiger partial charge in [0.2, 0.25) is 0 Å². The summed E-state index contributed by atoms with van der Waals surface area (Å²) in [5.41, 5.74) is 17.0. The number of benzene rings is 8. The van der Waals surface area contributed by atoms with Gasteiger partial charge in [-0.3, -0.25) is 0 Å². The first-order chi connectivity index (χ1) is 27.8. The number of nitrogens with zero attached hydrogens (tertiary/aromatic N) is 2. The standard InChI is InChI=1S/C53H32N2S/c1-3-15-33(16-4-1)46-32-47(34-17-5-2-6-18-34)55-52(54-46)35-27-28-39-37-20-8-7-19-36(37)38-21-9-12-24-42(38)53(45(39)31-35)43-25-13-10-22-40(43)50-44(53)29-30-49-51(50)41-23-11-14-26-48(41)56-49/h1-32H. The molecule has 0 N–H and O–H groups in total. The quantitative estimate of drug-likeness (QED) is 0.181. The first-order valence-electron chi connectivity index (χ1n) is 19.2. The van der Waals surface area contributed by atoms with Gasteiger partial charge >= 0.3 is 0 Å². The summed E-state index contributed by atoms with van der Waals surface area (Å²) in [4.78, 5) is 10.6. The lowest BCUT2D eigenvalue weighted by molar-refractivity contribution is 0.776. The molecule has 3 heteroatoms. The summed E-state index contributed by atoms with van der Waals surface area (Å²) in [5, 5.41) is 2.66. The topological polar surface area (TPSA) is 25.8 Å². The van der Waals surface area contributed by atoms with E-state index in [4.69, 9.17) is 9.97 Å². The summed E-state index contributed by atoms with van der Waals surface area (Å²) >= 11 is 1.88. The Balaban J connectivity index is 1.22. The van der Waals surface area contributed by atoms with E-state index in [0.29, 0.717) is 5.82 Å². The Bertz CT molecular complexity index is 3140. The number of fused-ring (bicyclic) bond motifs is 16. The molecule has 10 aromatic rings.